The molecule has 0 spiro atoms. The number of rotatable bonds is 4. The molecule has 0 radical (unpaired) electrons. The molecule has 0 atom stereocenters. The smallest absolute Gasteiger partial charge is 0.257 e. The van der Waals surface area contributed by atoms with Crippen molar-refractivity contribution in [2.24, 2.45) is 0 Å². The third kappa shape index (κ3) is 3.36. The monoisotopic (exact) mass is 315 g/mol. The van der Waals surface area contributed by atoms with Crippen molar-refractivity contribution in [2.75, 3.05) is 18.4 Å². The third-order valence-electron chi connectivity index (χ3n) is 4.13. The summed E-state index contributed by atoms with van der Waals surface area (Å²) in [6.45, 7) is 4.19. The van der Waals surface area contributed by atoms with Crippen LogP contribution in [0.2, 0.25) is 0 Å². The van der Waals surface area contributed by atoms with E-state index in [0.29, 0.717) is 11.0 Å². The zero-order chi connectivity index (χ0) is 15.4. The van der Waals surface area contributed by atoms with E-state index in [1.807, 2.05) is 30.5 Å². The molecule has 1 aliphatic rings. The second kappa shape index (κ2) is 7.03. The van der Waals surface area contributed by atoms with Crippen LogP contribution in [0.5, 0.6) is 0 Å². The summed E-state index contributed by atoms with van der Waals surface area (Å²) in [4.78, 5) is 18.1. The Morgan fingerprint density at radius 1 is 1.36 bits per heavy atom. The number of carbonyl (C=O) groups excluding carboxylic acids is 1. The highest BCUT2D eigenvalue weighted by molar-refractivity contribution is 7.15. The minimum atomic E-state index is -0.0661. The fourth-order valence-electron chi connectivity index (χ4n) is 2.85. The predicted molar refractivity (Wildman–Crippen MR) is 90.7 cm³/mol. The van der Waals surface area contributed by atoms with E-state index in [2.05, 4.69) is 22.5 Å². The second-order valence-corrected chi connectivity index (χ2v) is 6.62. The average Bonchev–Trinajstić information content (AvgIpc) is 3.04. The molecule has 1 aromatic carbocycles. The first-order valence-electron chi connectivity index (χ1n) is 7.83. The van der Waals surface area contributed by atoms with E-state index in [0.717, 1.165) is 43.5 Å². The van der Waals surface area contributed by atoms with Gasteiger partial charge in [0, 0.05) is 16.6 Å². The summed E-state index contributed by atoms with van der Waals surface area (Å²) < 4.78 is 0. The number of thiazole rings is 1. The van der Waals surface area contributed by atoms with E-state index >= 15 is 0 Å². The van der Waals surface area contributed by atoms with Crippen molar-refractivity contribution >= 4 is 22.4 Å². The summed E-state index contributed by atoms with van der Waals surface area (Å²) in [5.74, 6) is 0.510. The van der Waals surface area contributed by atoms with Crippen LogP contribution in [0.15, 0.2) is 30.5 Å². The Bertz CT molecular complexity index is 647. The van der Waals surface area contributed by atoms with Crippen LogP contribution in [-0.2, 0) is 6.42 Å². The molecule has 116 valence electrons. The van der Waals surface area contributed by atoms with Gasteiger partial charge in [-0.1, -0.05) is 25.1 Å². The number of aryl methyl sites for hydroxylation is 1. The molecule has 1 amide bonds. The van der Waals surface area contributed by atoms with Crippen LogP contribution in [0.3, 0.4) is 0 Å². The van der Waals surface area contributed by atoms with E-state index in [1.165, 1.54) is 4.88 Å². The average molecular weight is 315 g/mol. The Hall–Kier alpha value is -1.72. The van der Waals surface area contributed by atoms with Gasteiger partial charge in [0.05, 0.1) is 0 Å². The molecule has 5 heteroatoms. The number of anilines is 1. The molecule has 1 aliphatic heterocycles. The number of nitrogens with one attached hydrogen (secondary N) is 2. The minimum absolute atomic E-state index is 0.0661. The lowest BCUT2D eigenvalue weighted by Crippen LogP contribution is -2.26. The Kier molecular flexibility index (Phi) is 4.85. The highest BCUT2D eigenvalue weighted by Gasteiger charge is 2.19. The van der Waals surface area contributed by atoms with Gasteiger partial charge in [-0.05, 0) is 49.9 Å². The number of nitrogens with zero attached hydrogens (tertiary/aromatic N) is 1. The Labute approximate surface area is 135 Å². The topological polar surface area (TPSA) is 54.0 Å². The normalized spacial score (nSPS) is 15.7. The molecule has 1 saturated heterocycles. The number of piperidine rings is 1. The first-order chi connectivity index (χ1) is 10.8. The van der Waals surface area contributed by atoms with E-state index in [4.69, 9.17) is 0 Å². The maximum atomic E-state index is 12.4. The highest BCUT2D eigenvalue weighted by atomic mass is 32.1. The number of benzene rings is 1. The molecule has 0 unspecified atom stereocenters. The number of amides is 1. The number of carbonyl (C=O) groups is 1. The molecule has 0 saturated carbocycles. The maximum Gasteiger partial charge on any atom is 0.257 e. The van der Waals surface area contributed by atoms with Gasteiger partial charge in [-0.3, -0.25) is 10.1 Å². The van der Waals surface area contributed by atoms with Crippen molar-refractivity contribution in [1.29, 1.82) is 0 Å². The molecule has 0 aliphatic carbocycles. The Morgan fingerprint density at radius 2 is 2.14 bits per heavy atom. The van der Waals surface area contributed by atoms with Crippen LogP contribution in [0, 0.1) is 0 Å². The largest absolute Gasteiger partial charge is 0.317 e. The van der Waals surface area contributed by atoms with Gasteiger partial charge in [0.25, 0.3) is 5.91 Å². The first-order valence-corrected chi connectivity index (χ1v) is 8.65. The first kappa shape index (κ1) is 15.2. The van der Waals surface area contributed by atoms with Crippen LogP contribution in [0.4, 0.5) is 5.13 Å². The molecule has 3 rings (SSSR count). The summed E-state index contributed by atoms with van der Waals surface area (Å²) in [5.41, 5.74) is 1.80. The standard InChI is InChI=1S/C17H21N3OS/c1-2-12-5-3-4-6-14(12)16(21)20-17-19-11-15(22-17)13-7-9-18-10-8-13/h3-6,11,13,18H,2,7-10H2,1H3,(H,19,20,21). The molecular weight excluding hydrogens is 294 g/mol. The lowest BCUT2D eigenvalue weighted by atomic mass is 9.97. The summed E-state index contributed by atoms with van der Waals surface area (Å²) in [5, 5.41) is 7.02. The lowest BCUT2D eigenvalue weighted by Gasteiger charge is -2.20. The van der Waals surface area contributed by atoms with Crippen molar-refractivity contribution in [2.45, 2.75) is 32.1 Å². The summed E-state index contributed by atoms with van der Waals surface area (Å²) >= 11 is 1.61. The van der Waals surface area contributed by atoms with E-state index < -0.39 is 0 Å². The number of aromatic nitrogens is 1. The number of hydrogen-bond donors (Lipinski definition) is 2. The highest BCUT2D eigenvalue weighted by Crippen LogP contribution is 2.31. The Balaban J connectivity index is 1.70. The van der Waals surface area contributed by atoms with Gasteiger partial charge in [0.15, 0.2) is 5.13 Å². The lowest BCUT2D eigenvalue weighted by molar-refractivity contribution is 0.102. The van der Waals surface area contributed by atoms with Crippen LogP contribution < -0.4 is 10.6 Å². The van der Waals surface area contributed by atoms with Gasteiger partial charge in [0.1, 0.15) is 0 Å². The second-order valence-electron chi connectivity index (χ2n) is 5.56. The van der Waals surface area contributed by atoms with Crippen molar-refractivity contribution in [1.82, 2.24) is 10.3 Å². The maximum absolute atomic E-state index is 12.4. The molecule has 2 heterocycles. The summed E-state index contributed by atoms with van der Waals surface area (Å²) in [7, 11) is 0. The SMILES string of the molecule is CCc1ccccc1C(=O)Nc1ncc(C2CCNCC2)s1. The van der Waals surface area contributed by atoms with Gasteiger partial charge in [-0.25, -0.2) is 4.98 Å². The Morgan fingerprint density at radius 3 is 2.91 bits per heavy atom. The van der Waals surface area contributed by atoms with Crippen LogP contribution in [0.25, 0.3) is 0 Å². The van der Waals surface area contributed by atoms with Crippen LogP contribution >= 0.6 is 11.3 Å². The molecule has 1 fully saturated rings. The summed E-state index contributed by atoms with van der Waals surface area (Å²) in [6, 6.07) is 7.73. The van der Waals surface area contributed by atoms with Gasteiger partial charge < -0.3 is 5.32 Å². The molecule has 4 nitrogen and oxygen atoms in total. The van der Waals surface area contributed by atoms with Crippen molar-refractivity contribution in [3.05, 3.63) is 46.5 Å². The van der Waals surface area contributed by atoms with Crippen molar-refractivity contribution in [3.8, 4) is 0 Å². The molecule has 2 aromatic rings. The predicted octanol–water partition coefficient (Wildman–Crippen LogP) is 3.42. The van der Waals surface area contributed by atoms with Crippen molar-refractivity contribution in [3.63, 3.8) is 0 Å². The molecule has 0 bridgehead atoms. The molecule has 22 heavy (non-hydrogen) atoms. The van der Waals surface area contributed by atoms with E-state index in [1.54, 1.807) is 11.3 Å². The zero-order valence-corrected chi connectivity index (χ0v) is 13.6. The molecular formula is C17H21N3OS. The fourth-order valence-corrected chi connectivity index (χ4v) is 3.83. The van der Waals surface area contributed by atoms with Crippen molar-refractivity contribution < 1.29 is 4.79 Å². The summed E-state index contributed by atoms with van der Waals surface area (Å²) in [6.07, 6.45) is 5.06. The van der Waals surface area contributed by atoms with E-state index in [-0.39, 0.29) is 5.91 Å². The third-order valence-corrected chi connectivity index (χ3v) is 5.20. The minimum Gasteiger partial charge on any atom is -0.317 e. The quantitative estimate of drug-likeness (QED) is 0.909. The molecule has 2 N–H and O–H groups in total. The van der Waals surface area contributed by atoms with E-state index in [9.17, 15) is 4.79 Å². The van der Waals surface area contributed by atoms with Gasteiger partial charge in [-0.2, -0.15) is 0 Å². The van der Waals surface area contributed by atoms with Gasteiger partial charge in [0.2, 0.25) is 0 Å². The van der Waals surface area contributed by atoms with Crippen LogP contribution in [-0.4, -0.2) is 24.0 Å². The molecule has 1 aromatic heterocycles. The van der Waals surface area contributed by atoms with Gasteiger partial charge in [-0.15, -0.1) is 11.3 Å². The fraction of sp³-hybridized carbons (Fsp3) is 0.412. The van der Waals surface area contributed by atoms with Crippen LogP contribution in [0.1, 0.15) is 46.5 Å². The van der Waals surface area contributed by atoms with Gasteiger partial charge >= 0.3 is 0 Å². The zero-order valence-electron chi connectivity index (χ0n) is 12.8. The number of hydrogen-bond acceptors (Lipinski definition) is 4.